The molecule has 1 N–H and O–H groups in total. The summed E-state index contributed by atoms with van der Waals surface area (Å²) in [5.74, 6) is 0.0412. The zero-order valence-corrected chi connectivity index (χ0v) is 14.4. The first-order valence-electron chi connectivity index (χ1n) is 7.90. The third-order valence-corrected chi connectivity index (χ3v) is 3.96. The van der Waals surface area contributed by atoms with Crippen LogP contribution in [0, 0.1) is 0 Å². The van der Waals surface area contributed by atoms with Gasteiger partial charge in [0, 0.05) is 31.2 Å². The van der Waals surface area contributed by atoms with Crippen molar-refractivity contribution in [2.24, 2.45) is 7.05 Å². The molecule has 0 saturated carbocycles. The summed E-state index contributed by atoms with van der Waals surface area (Å²) in [6.07, 6.45) is 3.90. The lowest BCUT2D eigenvalue weighted by Gasteiger charge is -2.03. The van der Waals surface area contributed by atoms with Gasteiger partial charge >= 0.3 is 17.9 Å². The number of carbonyl (C=O) groups excluding carboxylic acids is 1. The first-order chi connectivity index (χ1) is 12.1. The van der Waals surface area contributed by atoms with Gasteiger partial charge in [-0.25, -0.2) is 4.79 Å². The zero-order valence-electron chi connectivity index (χ0n) is 14.4. The van der Waals surface area contributed by atoms with Crippen molar-refractivity contribution in [3.8, 4) is 5.75 Å². The molecule has 0 atom stereocenters. The second kappa shape index (κ2) is 7.25. The van der Waals surface area contributed by atoms with Crippen LogP contribution in [0.15, 0.2) is 28.8 Å². The molecule has 0 fully saturated rings. The molecule has 0 radical (unpaired) electrons. The number of fused-ring (bicyclic) bond motifs is 1. The molecule has 3 rings (SSSR count). The molecule has 3 aromatic rings. The number of nitrogens with one attached hydrogen (secondary N) is 1. The minimum absolute atomic E-state index is 0.159. The van der Waals surface area contributed by atoms with Gasteiger partial charge in [0.15, 0.2) is 0 Å². The van der Waals surface area contributed by atoms with Crippen LogP contribution in [-0.2, 0) is 18.2 Å². The monoisotopic (exact) mass is 344 g/mol. The predicted molar refractivity (Wildman–Crippen MR) is 91.9 cm³/mol. The first kappa shape index (κ1) is 16.8. The van der Waals surface area contributed by atoms with Crippen LogP contribution >= 0.6 is 0 Å². The Morgan fingerprint density at radius 2 is 2.16 bits per heavy atom. The van der Waals surface area contributed by atoms with E-state index in [9.17, 15) is 4.79 Å². The van der Waals surface area contributed by atoms with Crippen molar-refractivity contribution in [1.82, 2.24) is 14.8 Å². The molecule has 0 aliphatic carbocycles. The van der Waals surface area contributed by atoms with E-state index in [1.165, 1.54) is 18.1 Å². The minimum atomic E-state index is -0.647. The fourth-order valence-corrected chi connectivity index (χ4v) is 2.71. The summed E-state index contributed by atoms with van der Waals surface area (Å²) in [7, 11) is 4.95. The molecule has 0 bridgehead atoms. The Hall–Kier alpha value is -3.03. The fourth-order valence-electron chi connectivity index (χ4n) is 2.71. The summed E-state index contributed by atoms with van der Waals surface area (Å²) in [6.45, 7) is 0.648. The highest BCUT2D eigenvalue weighted by atomic mass is 16.5. The van der Waals surface area contributed by atoms with Crippen LogP contribution in [0.5, 0.6) is 5.75 Å². The van der Waals surface area contributed by atoms with Crippen molar-refractivity contribution < 1.29 is 18.7 Å². The van der Waals surface area contributed by atoms with E-state index in [2.05, 4.69) is 37.1 Å². The number of ether oxygens (including phenoxy) is 2. The summed E-state index contributed by atoms with van der Waals surface area (Å²) in [6, 6.07) is 6.29. The molecule has 0 aliphatic heterocycles. The predicted octanol–water partition coefficient (Wildman–Crippen LogP) is 2.40. The molecule has 0 aliphatic rings. The number of rotatable bonds is 7. The molecular weight excluding hydrogens is 324 g/mol. The Bertz CT molecular complexity index is 884. The number of hydrogen-bond acceptors (Lipinski definition) is 7. The van der Waals surface area contributed by atoms with Gasteiger partial charge in [-0.3, -0.25) is 0 Å². The van der Waals surface area contributed by atoms with E-state index in [0.717, 1.165) is 24.1 Å². The van der Waals surface area contributed by atoms with Crippen LogP contribution in [0.25, 0.3) is 10.9 Å². The van der Waals surface area contributed by atoms with Crippen LogP contribution in [0.1, 0.15) is 22.7 Å². The molecule has 1 aromatic carbocycles. The summed E-state index contributed by atoms with van der Waals surface area (Å²) < 4.78 is 17.1. The van der Waals surface area contributed by atoms with Gasteiger partial charge in [-0.05, 0) is 30.5 Å². The summed E-state index contributed by atoms with van der Waals surface area (Å²) >= 11 is 0. The van der Waals surface area contributed by atoms with Crippen LogP contribution in [0.3, 0.4) is 0 Å². The van der Waals surface area contributed by atoms with E-state index in [0.29, 0.717) is 6.54 Å². The average molecular weight is 344 g/mol. The molecule has 0 spiro atoms. The number of esters is 1. The van der Waals surface area contributed by atoms with E-state index in [1.54, 1.807) is 7.11 Å². The van der Waals surface area contributed by atoms with Gasteiger partial charge < -0.3 is 23.8 Å². The Morgan fingerprint density at radius 3 is 2.92 bits per heavy atom. The third kappa shape index (κ3) is 3.57. The molecule has 25 heavy (non-hydrogen) atoms. The van der Waals surface area contributed by atoms with Crippen molar-refractivity contribution in [3.63, 3.8) is 0 Å². The van der Waals surface area contributed by atoms with Crippen molar-refractivity contribution in [1.29, 1.82) is 0 Å². The van der Waals surface area contributed by atoms with E-state index in [-0.39, 0.29) is 11.9 Å². The normalized spacial score (nSPS) is 10.8. The standard InChI is InChI=1S/C17H20N4O4/c1-21-10-11(13-7-6-12(23-2)9-14(13)21)5-4-8-18-17-20-19-15(25-17)16(22)24-3/h6-7,9-10H,4-5,8H2,1-3H3,(H,18,20). The van der Waals surface area contributed by atoms with Crippen LogP contribution in [0.2, 0.25) is 0 Å². The number of hydrogen-bond donors (Lipinski definition) is 1. The van der Waals surface area contributed by atoms with Crippen molar-refractivity contribution in [2.45, 2.75) is 12.8 Å². The minimum Gasteiger partial charge on any atom is -0.497 e. The molecule has 0 amide bonds. The second-order valence-electron chi connectivity index (χ2n) is 5.58. The molecular formula is C17H20N4O4. The lowest BCUT2D eigenvalue weighted by atomic mass is 10.1. The molecule has 8 heteroatoms. The van der Waals surface area contributed by atoms with Crippen LogP contribution < -0.4 is 10.1 Å². The van der Waals surface area contributed by atoms with Crippen molar-refractivity contribution in [2.75, 3.05) is 26.1 Å². The molecule has 0 unspecified atom stereocenters. The van der Waals surface area contributed by atoms with Gasteiger partial charge in [0.05, 0.1) is 19.7 Å². The maximum Gasteiger partial charge on any atom is 0.396 e. The Balaban J connectivity index is 1.58. The number of benzene rings is 1. The lowest BCUT2D eigenvalue weighted by Crippen LogP contribution is -2.03. The number of nitrogens with zero attached hydrogens (tertiary/aromatic N) is 3. The smallest absolute Gasteiger partial charge is 0.396 e. The van der Waals surface area contributed by atoms with Crippen LogP contribution in [-0.4, -0.2) is 41.5 Å². The Labute approximate surface area is 144 Å². The number of aromatic nitrogens is 3. The highest BCUT2D eigenvalue weighted by molar-refractivity contribution is 5.85. The molecule has 0 saturated heterocycles. The molecule has 8 nitrogen and oxygen atoms in total. The van der Waals surface area contributed by atoms with Crippen molar-refractivity contribution in [3.05, 3.63) is 35.9 Å². The highest BCUT2D eigenvalue weighted by Gasteiger charge is 2.14. The first-order valence-corrected chi connectivity index (χ1v) is 7.90. The summed E-state index contributed by atoms with van der Waals surface area (Å²) in [4.78, 5) is 11.3. The van der Waals surface area contributed by atoms with Gasteiger partial charge in [0.1, 0.15) is 5.75 Å². The maximum absolute atomic E-state index is 11.3. The Kier molecular flexibility index (Phi) is 4.87. The average Bonchev–Trinajstić information content (AvgIpc) is 3.23. The van der Waals surface area contributed by atoms with Gasteiger partial charge in [-0.1, -0.05) is 10.2 Å². The zero-order chi connectivity index (χ0) is 17.8. The molecule has 2 heterocycles. The SMILES string of the molecule is COC(=O)c1nnc(NCCCc2cn(C)c3cc(OC)ccc23)o1. The topological polar surface area (TPSA) is 91.4 Å². The second-order valence-corrected chi connectivity index (χ2v) is 5.58. The Morgan fingerprint density at radius 1 is 1.32 bits per heavy atom. The number of anilines is 1. The highest BCUT2D eigenvalue weighted by Crippen LogP contribution is 2.26. The van der Waals surface area contributed by atoms with Crippen LogP contribution in [0.4, 0.5) is 6.01 Å². The van der Waals surface area contributed by atoms with Gasteiger partial charge in [-0.15, -0.1) is 0 Å². The third-order valence-electron chi connectivity index (χ3n) is 3.96. The number of methoxy groups -OCH3 is 2. The fraction of sp³-hybridized carbons (Fsp3) is 0.353. The van der Waals surface area contributed by atoms with Gasteiger partial charge in [0.2, 0.25) is 0 Å². The van der Waals surface area contributed by atoms with Crippen molar-refractivity contribution >= 4 is 22.9 Å². The number of aryl methyl sites for hydroxylation is 2. The van der Waals surface area contributed by atoms with E-state index >= 15 is 0 Å². The van der Waals surface area contributed by atoms with Gasteiger partial charge in [-0.2, -0.15) is 0 Å². The maximum atomic E-state index is 11.3. The molecule has 2 aromatic heterocycles. The quantitative estimate of drug-likeness (QED) is 0.520. The van der Waals surface area contributed by atoms with E-state index in [1.807, 2.05) is 19.2 Å². The van der Waals surface area contributed by atoms with Gasteiger partial charge in [0.25, 0.3) is 0 Å². The number of carbonyl (C=O) groups is 1. The largest absolute Gasteiger partial charge is 0.497 e. The molecule has 132 valence electrons. The van der Waals surface area contributed by atoms with E-state index < -0.39 is 5.97 Å². The summed E-state index contributed by atoms with van der Waals surface area (Å²) in [5.41, 5.74) is 2.41. The lowest BCUT2D eigenvalue weighted by molar-refractivity contribution is 0.0557. The summed E-state index contributed by atoms with van der Waals surface area (Å²) in [5, 5.41) is 11.6. The van der Waals surface area contributed by atoms with E-state index in [4.69, 9.17) is 9.15 Å².